The Labute approximate surface area is 165 Å². The van der Waals surface area contributed by atoms with Gasteiger partial charge in [0.25, 0.3) is 0 Å². The van der Waals surface area contributed by atoms with E-state index in [1.807, 2.05) is 26.0 Å². The second-order valence-electron chi connectivity index (χ2n) is 6.68. The molecule has 28 heavy (non-hydrogen) atoms. The lowest BCUT2D eigenvalue weighted by atomic mass is 9.96. The van der Waals surface area contributed by atoms with Gasteiger partial charge in [-0.25, -0.2) is 4.79 Å². The van der Waals surface area contributed by atoms with Gasteiger partial charge in [0.1, 0.15) is 28.0 Å². The zero-order valence-corrected chi connectivity index (χ0v) is 16.5. The minimum absolute atomic E-state index is 0.00753. The average molecular weight is 398 g/mol. The van der Waals surface area contributed by atoms with E-state index in [2.05, 4.69) is 6.08 Å². The van der Waals surface area contributed by atoms with Gasteiger partial charge >= 0.3 is 5.63 Å². The summed E-state index contributed by atoms with van der Waals surface area (Å²) in [6.45, 7) is 5.57. The highest BCUT2D eigenvalue weighted by Crippen LogP contribution is 2.42. The smallest absolute Gasteiger partial charge is 0.355 e. The van der Waals surface area contributed by atoms with Gasteiger partial charge in [0.15, 0.2) is 16.6 Å². The molecule has 2 aromatic heterocycles. The van der Waals surface area contributed by atoms with Crippen molar-refractivity contribution < 1.29 is 13.6 Å². The predicted molar refractivity (Wildman–Crippen MR) is 108 cm³/mol. The summed E-state index contributed by atoms with van der Waals surface area (Å²) in [5, 5.41) is 0.729. The lowest BCUT2D eigenvalue weighted by molar-refractivity contribution is 0.291. The molecular weight excluding hydrogens is 380 g/mol. The van der Waals surface area contributed by atoms with E-state index in [0.717, 1.165) is 6.42 Å². The maximum Gasteiger partial charge on any atom is 0.355 e. The fourth-order valence-corrected chi connectivity index (χ4v) is 3.79. The molecule has 1 atom stereocenters. The molecule has 3 aromatic rings. The summed E-state index contributed by atoms with van der Waals surface area (Å²) in [6, 6.07) is 1.37. The van der Waals surface area contributed by atoms with E-state index in [1.165, 1.54) is 6.07 Å². The monoisotopic (exact) mass is 397 g/mol. The Bertz CT molecular complexity index is 1280. The van der Waals surface area contributed by atoms with Crippen LogP contribution in [0.4, 0.5) is 0 Å². The molecule has 0 spiro atoms. The van der Waals surface area contributed by atoms with Gasteiger partial charge in [0.2, 0.25) is 0 Å². The van der Waals surface area contributed by atoms with Crippen LogP contribution in [0.1, 0.15) is 37.2 Å². The SMILES string of the molecule is CC=CC1C=[C]c2c(c3c(CCC)c(Cl)c(=O)oc3c3c(=O)cc(C)oc23)O1. The largest absolute Gasteiger partial charge is 0.481 e. The summed E-state index contributed by atoms with van der Waals surface area (Å²) in [4.78, 5) is 25.2. The normalized spacial score (nSPS) is 16.1. The van der Waals surface area contributed by atoms with Crippen molar-refractivity contribution in [2.75, 3.05) is 0 Å². The van der Waals surface area contributed by atoms with Crippen LogP contribution < -0.4 is 15.8 Å². The molecule has 1 unspecified atom stereocenters. The second-order valence-corrected chi connectivity index (χ2v) is 7.06. The van der Waals surface area contributed by atoms with Gasteiger partial charge < -0.3 is 13.6 Å². The van der Waals surface area contributed by atoms with Crippen LogP contribution >= 0.6 is 11.6 Å². The predicted octanol–water partition coefficient (Wildman–Crippen LogP) is 4.86. The molecule has 0 fully saturated rings. The molecule has 0 N–H and O–H groups in total. The van der Waals surface area contributed by atoms with Crippen molar-refractivity contribution in [3.05, 3.63) is 72.9 Å². The van der Waals surface area contributed by atoms with Crippen molar-refractivity contribution in [1.82, 2.24) is 0 Å². The van der Waals surface area contributed by atoms with Crippen LogP contribution in [-0.4, -0.2) is 6.10 Å². The standard InChI is InChI=1S/C22H18ClO5/c1-4-6-12-8-9-14-19(27-12)16-13(7-5-2)18(23)22(25)28-21(16)17-15(24)10-11(3)26-20(14)17/h4,6,8,10,12H,5,7H2,1-3H3. The highest BCUT2D eigenvalue weighted by Gasteiger charge is 2.28. The molecule has 0 saturated heterocycles. The first-order chi connectivity index (χ1) is 13.5. The third-order valence-corrected chi connectivity index (χ3v) is 5.06. The van der Waals surface area contributed by atoms with Crippen molar-refractivity contribution in [3.63, 3.8) is 0 Å². The molecule has 5 nitrogen and oxygen atoms in total. The van der Waals surface area contributed by atoms with Crippen molar-refractivity contribution in [2.45, 2.75) is 39.7 Å². The number of aryl methyl sites for hydroxylation is 2. The van der Waals surface area contributed by atoms with Crippen LogP contribution in [0.15, 0.2) is 42.7 Å². The van der Waals surface area contributed by atoms with Crippen LogP contribution in [0.2, 0.25) is 5.02 Å². The number of halogens is 1. The van der Waals surface area contributed by atoms with Crippen LogP contribution in [0.25, 0.3) is 21.9 Å². The Morgan fingerprint density at radius 1 is 1.21 bits per heavy atom. The van der Waals surface area contributed by atoms with Crippen molar-refractivity contribution >= 4 is 33.5 Å². The van der Waals surface area contributed by atoms with E-state index in [1.54, 1.807) is 13.0 Å². The van der Waals surface area contributed by atoms with Gasteiger partial charge in [-0.2, -0.15) is 0 Å². The van der Waals surface area contributed by atoms with Gasteiger partial charge in [-0.1, -0.05) is 31.0 Å². The quantitative estimate of drug-likeness (QED) is 0.358. The maximum absolute atomic E-state index is 12.8. The molecule has 1 aromatic carbocycles. The number of ether oxygens (including phenoxy) is 1. The number of hydrogen-bond acceptors (Lipinski definition) is 5. The number of allylic oxidation sites excluding steroid dienone is 1. The summed E-state index contributed by atoms with van der Waals surface area (Å²) in [7, 11) is 0. The van der Waals surface area contributed by atoms with Gasteiger partial charge in [0, 0.05) is 6.07 Å². The molecular formula is C22H18ClO5. The fourth-order valence-electron chi connectivity index (χ4n) is 3.56. The van der Waals surface area contributed by atoms with Crippen LogP contribution in [0.5, 0.6) is 5.75 Å². The molecule has 143 valence electrons. The number of fused-ring (bicyclic) bond motifs is 6. The van der Waals surface area contributed by atoms with Gasteiger partial charge in [0.05, 0.1) is 10.9 Å². The molecule has 1 aliphatic rings. The minimum Gasteiger partial charge on any atom is -0.481 e. The molecule has 1 radical (unpaired) electrons. The van der Waals surface area contributed by atoms with E-state index in [0.29, 0.717) is 34.4 Å². The molecule has 3 heterocycles. The van der Waals surface area contributed by atoms with Crippen molar-refractivity contribution in [1.29, 1.82) is 0 Å². The Morgan fingerprint density at radius 3 is 2.71 bits per heavy atom. The Kier molecular flexibility index (Phi) is 4.63. The third kappa shape index (κ3) is 2.78. The van der Waals surface area contributed by atoms with Crippen LogP contribution in [0, 0.1) is 13.0 Å². The van der Waals surface area contributed by atoms with Crippen LogP contribution in [0.3, 0.4) is 0 Å². The molecule has 0 amide bonds. The molecule has 0 aliphatic carbocycles. The number of hydrogen-bond donors (Lipinski definition) is 0. The van der Waals surface area contributed by atoms with Gasteiger partial charge in [-0.3, -0.25) is 4.79 Å². The van der Waals surface area contributed by atoms with E-state index in [9.17, 15) is 9.59 Å². The number of benzene rings is 1. The van der Waals surface area contributed by atoms with E-state index in [-0.39, 0.29) is 33.1 Å². The highest BCUT2D eigenvalue weighted by molar-refractivity contribution is 6.32. The Morgan fingerprint density at radius 2 is 2.00 bits per heavy atom. The highest BCUT2D eigenvalue weighted by atomic mass is 35.5. The molecule has 6 heteroatoms. The summed E-state index contributed by atoms with van der Waals surface area (Å²) < 4.78 is 17.5. The topological polar surface area (TPSA) is 69.7 Å². The summed E-state index contributed by atoms with van der Waals surface area (Å²) in [5.74, 6) is 0.900. The third-order valence-electron chi connectivity index (χ3n) is 4.67. The lowest BCUT2D eigenvalue weighted by Crippen LogP contribution is -2.17. The van der Waals surface area contributed by atoms with Crippen molar-refractivity contribution in [3.8, 4) is 5.75 Å². The first-order valence-corrected chi connectivity index (χ1v) is 9.49. The Hall–Kier alpha value is -2.79. The fraction of sp³-hybridized carbons (Fsp3) is 0.273. The second kappa shape index (κ2) is 6.99. The van der Waals surface area contributed by atoms with E-state index >= 15 is 0 Å². The molecule has 1 aliphatic heterocycles. The molecule has 0 saturated carbocycles. The average Bonchev–Trinajstić information content (AvgIpc) is 2.65. The first kappa shape index (κ1) is 18.6. The van der Waals surface area contributed by atoms with Crippen molar-refractivity contribution in [2.24, 2.45) is 0 Å². The number of rotatable bonds is 3. The molecule has 0 bridgehead atoms. The minimum atomic E-state index is -0.681. The first-order valence-electron chi connectivity index (χ1n) is 9.11. The summed E-state index contributed by atoms with van der Waals surface area (Å²) in [5.41, 5.74) is 0.581. The van der Waals surface area contributed by atoms with E-state index < -0.39 is 5.63 Å². The van der Waals surface area contributed by atoms with Gasteiger partial charge in [-0.15, -0.1) is 0 Å². The Balaban J connectivity index is 2.28. The van der Waals surface area contributed by atoms with Crippen LogP contribution in [-0.2, 0) is 6.42 Å². The molecule has 4 rings (SSSR count). The summed E-state index contributed by atoms with van der Waals surface area (Å²) >= 11 is 6.30. The summed E-state index contributed by atoms with van der Waals surface area (Å²) in [6.07, 6.45) is 9.66. The lowest BCUT2D eigenvalue weighted by Gasteiger charge is -2.22. The maximum atomic E-state index is 12.8. The zero-order chi connectivity index (χ0) is 20.0. The van der Waals surface area contributed by atoms with E-state index in [4.69, 9.17) is 25.2 Å². The van der Waals surface area contributed by atoms with Gasteiger partial charge in [-0.05, 0) is 44.1 Å². The zero-order valence-electron chi connectivity index (χ0n) is 15.7.